The zero-order chi connectivity index (χ0) is 20.2. The van der Waals surface area contributed by atoms with E-state index in [0.717, 1.165) is 35.9 Å². The molecule has 152 valence electrons. The summed E-state index contributed by atoms with van der Waals surface area (Å²) in [6, 6.07) is 10.8. The maximum absolute atomic E-state index is 5.20. The van der Waals surface area contributed by atoms with Gasteiger partial charge in [-0.05, 0) is 42.6 Å². The molecule has 1 N–H and O–H groups in total. The first-order valence-electron chi connectivity index (χ1n) is 9.33. The fraction of sp³-hybridized carbons (Fsp3) is 0.286. The summed E-state index contributed by atoms with van der Waals surface area (Å²) in [7, 11) is 6.01. The van der Waals surface area contributed by atoms with E-state index < -0.39 is 0 Å². The maximum atomic E-state index is 5.20. The van der Waals surface area contributed by atoms with Crippen molar-refractivity contribution in [2.75, 3.05) is 38.7 Å². The molecule has 0 fully saturated rings. The predicted octanol–water partition coefficient (Wildman–Crippen LogP) is 5.57. The molecule has 0 aliphatic carbocycles. The van der Waals surface area contributed by atoms with Crippen molar-refractivity contribution in [1.82, 2.24) is 14.9 Å². The van der Waals surface area contributed by atoms with Crippen molar-refractivity contribution in [3.8, 4) is 10.7 Å². The molecule has 0 atom stereocenters. The average molecular weight is 445 g/mol. The van der Waals surface area contributed by atoms with Crippen LogP contribution in [0.3, 0.4) is 0 Å². The van der Waals surface area contributed by atoms with Gasteiger partial charge in [0.1, 0.15) is 5.01 Å². The highest BCUT2D eigenvalue weighted by molar-refractivity contribution is 8.00. The SMILES string of the molecule is COCCN(C)Cc1sccc1SN(C)c1cccc2cc(-c3nccs3)[nH]c12. The Balaban J connectivity index is 1.54. The first-order chi connectivity index (χ1) is 14.2. The number of fused-ring (bicyclic) bond motifs is 1. The van der Waals surface area contributed by atoms with Gasteiger partial charge in [-0.15, -0.1) is 22.7 Å². The summed E-state index contributed by atoms with van der Waals surface area (Å²) in [6.07, 6.45) is 1.84. The molecule has 3 aromatic heterocycles. The third-order valence-electron chi connectivity index (χ3n) is 4.67. The number of aromatic amines is 1. The quantitative estimate of drug-likeness (QED) is 0.342. The third kappa shape index (κ3) is 4.67. The Kier molecular flexibility index (Phi) is 6.56. The van der Waals surface area contributed by atoms with Gasteiger partial charge in [0.2, 0.25) is 0 Å². The van der Waals surface area contributed by atoms with Crippen LogP contribution in [-0.4, -0.2) is 49.2 Å². The molecule has 3 heterocycles. The van der Waals surface area contributed by atoms with Gasteiger partial charge < -0.3 is 14.0 Å². The smallest absolute Gasteiger partial charge is 0.139 e. The van der Waals surface area contributed by atoms with Crippen LogP contribution in [0.15, 0.2) is 52.2 Å². The van der Waals surface area contributed by atoms with Gasteiger partial charge in [0.25, 0.3) is 0 Å². The zero-order valence-electron chi connectivity index (χ0n) is 16.7. The molecule has 4 rings (SSSR count). The second-order valence-corrected chi connectivity index (χ2v) is 9.85. The molecule has 0 saturated carbocycles. The van der Waals surface area contributed by atoms with Gasteiger partial charge in [-0.1, -0.05) is 12.1 Å². The van der Waals surface area contributed by atoms with E-state index in [1.807, 2.05) is 22.9 Å². The number of para-hydroxylation sites is 1. The molecular weight excluding hydrogens is 420 g/mol. The van der Waals surface area contributed by atoms with Crippen molar-refractivity contribution in [2.45, 2.75) is 11.4 Å². The number of thiophene rings is 1. The van der Waals surface area contributed by atoms with Crippen LogP contribution >= 0.6 is 34.6 Å². The highest BCUT2D eigenvalue weighted by Gasteiger charge is 2.15. The number of hydrogen-bond acceptors (Lipinski definition) is 7. The van der Waals surface area contributed by atoms with Crippen molar-refractivity contribution in [1.29, 1.82) is 0 Å². The standard InChI is InChI=1S/C21H24N4OS3/c1-24(9-10-26-3)14-19-18(7-11-27-19)29-25(2)17-6-4-5-15-13-16(23-20(15)17)21-22-8-12-28-21/h4-8,11-13,23H,9-10,14H2,1-3H3. The maximum Gasteiger partial charge on any atom is 0.139 e. The van der Waals surface area contributed by atoms with Gasteiger partial charge in [0.05, 0.1) is 23.5 Å². The van der Waals surface area contributed by atoms with E-state index in [1.165, 1.54) is 20.8 Å². The normalized spacial score (nSPS) is 11.6. The molecule has 29 heavy (non-hydrogen) atoms. The molecule has 0 radical (unpaired) electrons. The second-order valence-electron chi connectivity index (χ2n) is 6.79. The number of hydrogen-bond donors (Lipinski definition) is 1. The molecule has 4 aromatic rings. The van der Waals surface area contributed by atoms with Gasteiger partial charge in [-0.25, -0.2) is 4.98 Å². The average Bonchev–Trinajstić information content (AvgIpc) is 3.46. The molecule has 5 nitrogen and oxygen atoms in total. The number of nitrogens with zero attached hydrogens (tertiary/aromatic N) is 3. The van der Waals surface area contributed by atoms with Crippen LogP contribution in [0, 0.1) is 0 Å². The number of likely N-dealkylation sites (N-methyl/N-ethyl adjacent to an activating group) is 1. The minimum Gasteiger partial charge on any atom is -0.383 e. The highest BCUT2D eigenvalue weighted by Crippen LogP contribution is 2.37. The monoisotopic (exact) mass is 444 g/mol. The number of thiazole rings is 1. The van der Waals surface area contributed by atoms with Crippen LogP contribution in [0.2, 0.25) is 0 Å². The Labute approximate surface area is 183 Å². The molecule has 0 bridgehead atoms. The number of H-pyrrole nitrogens is 1. The molecule has 0 unspecified atom stereocenters. The lowest BCUT2D eigenvalue weighted by Gasteiger charge is -2.20. The number of ether oxygens (including phenoxy) is 1. The van der Waals surface area contributed by atoms with E-state index in [2.05, 4.69) is 69.0 Å². The van der Waals surface area contributed by atoms with Gasteiger partial charge >= 0.3 is 0 Å². The lowest BCUT2D eigenvalue weighted by atomic mass is 10.2. The number of benzene rings is 1. The van der Waals surface area contributed by atoms with E-state index in [9.17, 15) is 0 Å². The molecular formula is C21H24N4OS3. The molecule has 8 heteroatoms. The highest BCUT2D eigenvalue weighted by atomic mass is 32.2. The van der Waals surface area contributed by atoms with E-state index >= 15 is 0 Å². The topological polar surface area (TPSA) is 44.4 Å². The minimum absolute atomic E-state index is 0.751. The van der Waals surface area contributed by atoms with Gasteiger partial charge in [-0.2, -0.15) is 0 Å². The predicted molar refractivity (Wildman–Crippen MR) is 126 cm³/mol. The van der Waals surface area contributed by atoms with Crippen LogP contribution in [-0.2, 0) is 11.3 Å². The van der Waals surface area contributed by atoms with Gasteiger partial charge in [0.15, 0.2) is 0 Å². The van der Waals surface area contributed by atoms with Gasteiger partial charge in [-0.3, -0.25) is 4.90 Å². The van der Waals surface area contributed by atoms with Crippen LogP contribution in [0.5, 0.6) is 0 Å². The first kappa shape index (κ1) is 20.4. The summed E-state index contributed by atoms with van der Waals surface area (Å²) in [4.78, 5) is 13.0. The lowest BCUT2D eigenvalue weighted by molar-refractivity contribution is 0.159. The van der Waals surface area contributed by atoms with E-state index in [4.69, 9.17) is 4.74 Å². The Bertz CT molecular complexity index is 1060. The van der Waals surface area contributed by atoms with E-state index in [1.54, 1.807) is 30.4 Å². The minimum atomic E-state index is 0.751. The second kappa shape index (κ2) is 9.32. The third-order valence-corrected chi connectivity index (χ3v) is 7.56. The van der Waals surface area contributed by atoms with Crippen molar-refractivity contribution in [3.63, 3.8) is 0 Å². The van der Waals surface area contributed by atoms with E-state index in [-0.39, 0.29) is 0 Å². The summed E-state index contributed by atoms with van der Waals surface area (Å²) in [5, 5.41) is 6.39. The molecule has 0 saturated heterocycles. The Morgan fingerprint density at radius 3 is 2.86 bits per heavy atom. The number of methoxy groups -OCH3 is 1. The molecule has 0 spiro atoms. The van der Waals surface area contributed by atoms with Crippen molar-refractivity contribution in [3.05, 3.63) is 52.2 Å². The summed E-state index contributed by atoms with van der Waals surface area (Å²) in [5.41, 5.74) is 3.37. The van der Waals surface area contributed by atoms with Crippen molar-refractivity contribution in [2.24, 2.45) is 0 Å². The number of aromatic nitrogens is 2. The Morgan fingerprint density at radius 2 is 2.07 bits per heavy atom. The van der Waals surface area contributed by atoms with Crippen molar-refractivity contribution >= 4 is 51.2 Å². The fourth-order valence-electron chi connectivity index (χ4n) is 3.17. The largest absolute Gasteiger partial charge is 0.383 e. The lowest BCUT2D eigenvalue weighted by Crippen LogP contribution is -2.22. The first-order valence-corrected chi connectivity index (χ1v) is 11.9. The molecule has 0 amide bonds. The summed E-state index contributed by atoms with van der Waals surface area (Å²) < 4.78 is 7.44. The number of anilines is 1. The van der Waals surface area contributed by atoms with Crippen LogP contribution < -0.4 is 4.31 Å². The van der Waals surface area contributed by atoms with Crippen LogP contribution in [0.25, 0.3) is 21.6 Å². The molecule has 0 aliphatic heterocycles. The number of rotatable bonds is 9. The summed E-state index contributed by atoms with van der Waals surface area (Å²) >= 11 is 5.23. The molecule has 0 aliphatic rings. The van der Waals surface area contributed by atoms with Crippen molar-refractivity contribution < 1.29 is 4.74 Å². The summed E-state index contributed by atoms with van der Waals surface area (Å²) in [5.74, 6) is 0. The van der Waals surface area contributed by atoms with E-state index in [0.29, 0.717) is 0 Å². The fourth-order valence-corrected chi connectivity index (χ4v) is 5.81. The molecule has 1 aromatic carbocycles. The summed E-state index contributed by atoms with van der Waals surface area (Å²) in [6.45, 7) is 2.61. The van der Waals surface area contributed by atoms with Crippen LogP contribution in [0.1, 0.15) is 4.88 Å². The Hall–Kier alpha value is -1.84. The van der Waals surface area contributed by atoms with Gasteiger partial charge in [0, 0.05) is 54.0 Å². The zero-order valence-corrected chi connectivity index (χ0v) is 19.2. The van der Waals surface area contributed by atoms with Crippen LogP contribution in [0.4, 0.5) is 5.69 Å². The number of nitrogens with one attached hydrogen (secondary N) is 1. The Morgan fingerprint density at radius 1 is 1.17 bits per heavy atom.